The number of hydrogen-bond acceptors (Lipinski definition) is 3. The molecule has 0 atom stereocenters. The Bertz CT molecular complexity index is 344. The molecule has 2 N–H and O–H groups in total. The van der Waals surface area contributed by atoms with Gasteiger partial charge in [0.2, 0.25) is 0 Å². The second-order valence-electron chi connectivity index (χ2n) is 2.81. The predicted octanol–water partition coefficient (Wildman–Crippen LogP) is 2.64. The molecule has 0 fully saturated rings. The largest absolute Gasteiger partial charge is 0.493 e. The van der Waals surface area contributed by atoms with Gasteiger partial charge in [0.1, 0.15) is 0 Å². The zero-order valence-corrected chi connectivity index (χ0v) is 9.19. The summed E-state index contributed by atoms with van der Waals surface area (Å²) in [6.45, 7) is -1.37. The van der Waals surface area contributed by atoms with E-state index < -0.39 is 12.8 Å². The standard InChI is InChI=1S/C9H10F3NO2.ClH/c1-14-7-3-2-6(13)4-8(7)15-5-9(10,11)12;/h2-4H,5,13H2,1H3;1H. The van der Waals surface area contributed by atoms with Crippen LogP contribution in [0.5, 0.6) is 11.5 Å². The molecule has 0 aliphatic carbocycles. The number of rotatable bonds is 3. The van der Waals surface area contributed by atoms with Crippen molar-refractivity contribution in [3.05, 3.63) is 18.2 Å². The first-order valence-corrected chi connectivity index (χ1v) is 4.05. The molecule has 0 aliphatic heterocycles. The van der Waals surface area contributed by atoms with Gasteiger partial charge in [-0.05, 0) is 12.1 Å². The molecule has 0 saturated carbocycles. The van der Waals surface area contributed by atoms with Crippen molar-refractivity contribution in [1.82, 2.24) is 0 Å². The zero-order chi connectivity index (χ0) is 11.5. The van der Waals surface area contributed by atoms with E-state index in [1.807, 2.05) is 0 Å². The molecule has 0 amide bonds. The molecule has 0 aromatic heterocycles. The van der Waals surface area contributed by atoms with Gasteiger partial charge in [-0.2, -0.15) is 13.2 Å². The minimum atomic E-state index is -4.38. The van der Waals surface area contributed by atoms with E-state index in [-0.39, 0.29) is 23.9 Å². The summed E-state index contributed by atoms with van der Waals surface area (Å²) in [5.74, 6) is 0.197. The van der Waals surface area contributed by atoms with Gasteiger partial charge >= 0.3 is 6.18 Å². The van der Waals surface area contributed by atoms with Crippen molar-refractivity contribution in [3.8, 4) is 11.5 Å². The van der Waals surface area contributed by atoms with Gasteiger partial charge in [-0.15, -0.1) is 12.4 Å². The van der Waals surface area contributed by atoms with Crippen LogP contribution in [0, 0.1) is 0 Å². The van der Waals surface area contributed by atoms with Crippen molar-refractivity contribution < 1.29 is 22.6 Å². The third kappa shape index (κ3) is 4.48. The average Bonchev–Trinajstić information content (AvgIpc) is 2.14. The minimum absolute atomic E-state index is 0. The Labute approximate surface area is 96.7 Å². The zero-order valence-electron chi connectivity index (χ0n) is 8.38. The fourth-order valence-electron chi connectivity index (χ4n) is 0.966. The number of alkyl halides is 3. The maximum atomic E-state index is 11.9. The quantitative estimate of drug-likeness (QED) is 0.847. The first kappa shape index (κ1) is 14.7. The molecule has 0 spiro atoms. The summed E-state index contributed by atoms with van der Waals surface area (Å²) in [7, 11) is 1.34. The summed E-state index contributed by atoms with van der Waals surface area (Å²) in [6, 6.07) is 4.24. The number of nitrogen functional groups attached to an aromatic ring is 1. The summed E-state index contributed by atoms with van der Waals surface area (Å²) in [5.41, 5.74) is 5.72. The van der Waals surface area contributed by atoms with Crippen LogP contribution in [0.15, 0.2) is 18.2 Å². The Morgan fingerprint density at radius 1 is 1.25 bits per heavy atom. The van der Waals surface area contributed by atoms with E-state index in [9.17, 15) is 13.2 Å². The van der Waals surface area contributed by atoms with Crippen LogP contribution in [0.4, 0.5) is 18.9 Å². The lowest BCUT2D eigenvalue weighted by Gasteiger charge is -2.12. The molecule has 3 nitrogen and oxygen atoms in total. The Morgan fingerprint density at radius 3 is 2.38 bits per heavy atom. The van der Waals surface area contributed by atoms with Crippen molar-refractivity contribution in [3.63, 3.8) is 0 Å². The van der Waals surface area contributed by atoms with Crippen LogP contribution >= 0.6 is 12.4 Å². The molecule has 0 heterocycles. The van der Waals surface area contributed by atoms with Crippen LogP contribution in [-0.2, 0) is 0 Å². The van der Waals surface area contributed by atoms with Crippen molar-refractivity contribution in [2.75, 3.05) is 19.5 Å². The smallest absolute Gasteiger partial charge is 0.422 e. The maximum absolute atomic E-state index is 11.9. The van der Waals surface area contributed by atoms with E-state index in [1.54, 1.807) is 0 Å². The van der Waals surface area contributed by atoms with E-state index in [1.165, 1.54) is 25.3 Å². The van der Waals surface area contributed by atoms with Gasteiger partial charge < -0.3 is 15.2 Å². The Balaban J connectivity index is 0.00000225. The number of benzene rings is 1. The van der Waals surface area contributed by atoms with Crippen LogP contribution in [0.1, 0.15) is 0 Å². The minimum Gasteiger partial charge on any atom is -0.493 e. The highest BCUT2D eigenvalue weighted by Gasteiger charge is 2.28. The highest BCUT2D eigenvalue weighted by Crippen LogP contribution is 2.30. The summed E-state index contributed by atoms with van der Waals surface area (Å²) in [6.07, 6.45) is -4.38. The number of nitrogens with two attached hydrogens (primary N) is 1. The van der Waals surface area contributed by atoms with E-state index in [4.69, 9.17) is 10.5 Å². The highest BCUT2D eigenvalue weighted by atomic mass is 35.5. The first-order chi connectivity index (χ1) is 6.92. The van der Waals surface area contributed by atoms with E-state index in [0.717, 1.165) is 0 Å². The van der Waals surface area contributed by atoms with Gasteiger partial charge in [0.25, 0.3) is 0 Å². The molecular weight excluding hydrogens is 247 g/mol. The van der Waals surface area contributed by atoms with Gasteiger partial charge in [-0.1, -0.05) is 0 Å². The van der Waals surface area contributed by atoms with Crippen molar-refractivity contribution >= 4 is 18.1 Å². The van der Waals surface area contributed by atoms with Crippen LogP contribution < -0.4 is 15.2 Å². The van der Waals surface area contributed by atoms with Gasteiger partial charge in [-0.3, -0.25) is 0 Å². The Kier molecular flexibility index (Phi) is 5.23. The second kappa shape index (κ2) is 5.69. The van der Waals surface area contributed by atoms with Crippen LogP contribution in [0.25, 0.3) is 0 Å². The van der Waals surface area contributed by atoms with Crippen molar-refractivity contribution in [2.24, 2.45) is 0 Å². The lowest BCUT2D eigenvalue weighted by molar-refractivity contribution is -0.153. The predicted molar refractivity (Wildman–Crippen MR) is 56.2 cm³/mol. The third-order valence-corrected chi connectivity index (χ3v) is 1.58. The summed E-state index contributed by atoms with van der Waals surface area (Å²) in [5, 5.41) is 0. The summed E-state index contributed by atoms with van der Waals surface area (Å²) in [4.78, 5) is 0. The fourth-order valence-corrected chi connectivity index (χ4v) is 0.966. The maximum Gasteiger partial charge on any atom is 0.422 e. The van der Waals surface area contributed by atoms with Crippen molar-refractivity contribution in [2.45, 2.75) is 6.18 Å². The molecule has 0 bridgehead atoms. The van der Waals surface area contributed by atoms with Crippen molar-refractivity contribution in [1.29, 1.82) is 0 Å². The van der Waals surface area contributed by atoms with E-state index >= 15 is 0 Å². The molecule has 16 heavy (non-hydrogen) atoms. The highest BCUT2D eigenvalue weighted by molar-refractivity contribution is 5.85. The molecule has 92 valence electrons. The molecule has 0 aliphatic rings. The molecule has 0 radical (unpaired) electrons. The van der Waals surface area contributed by atoms with Gasteiger partial charge in [-0.25, -0.2) is 0 Å². The SMILES string of the molecule is COc1ccc(N)cc1OCC(F)(F)F.Cl. The van der Waals surface area contributed by atoms with E-state index in [2.05, 4.69) is 4.74 Å². The van der Waals surface area contributed by atoms with Gasteiger partial charge in [0.05, 0.1) is 7.11 Å². The number of hydrogen-bond donors (Lipinski definition) is 1. The van der Waals surface area contributed by atoms with Crippen LogP contribution in [-0.4, -0.2) is 19.9 Å². The summed E-state index contributed by atoms with van der Waals surface area (Å²) < 4.78 is 45.0. The second-order valence-corrected chi connectivity index (χ2v) is 2.81. The molecule has 7 heteroatoms. The lowest BCUT2D eigenvalue weighted by Crippen LogP contribution is -2.19. The van der Waals surface area contributed by atoms with E-state index in [0.29, 0.717) is 5.69 Å². The fraction of sp³-hybridized carbons (Fsp3) is 0.333. The van der Waals surface area contributed by atoms with Crippen LogP contribution in [0.3, 0.4) is 0 Å². The van der Waals surface area contributed by atoms with Gasteiger partial charge in [0, 0.05) is 11.8 Å². The third-order valence-electron chi connectivity index (χ3n) is 1.58. The van der Waals surface area contributed by atoms with Crippen LogP contribution in [0.2, 0.25) is 0 Å². The number of halogens is 4. The number of ether oxygens (including phenoxy) is 2. The Hall–Kier alpha value is -1.30. The topological polar surface area (TPSA) is 44.5 Å². The Morgan fingerprint density at radius 2 is 1.88 bits per heavy atom. The normalized spacial score (nSPS) is 10.5. The molecule has 0 unspecified atom stereocenters. The molecule has 1 aromatic carbocycles. The molecular formula is C9H11ClF3NO2. The monoisotopic (exact) mass is 257 g/mol. The number of anilines is 1. The number of methoxy groups -OCH3 is 1. The molecule has 1 rings (SSSR count). The molecule has 0 saturated heterocycles. The average molecular weight is 258 g/mol. The first-order valence-electron chi connectivity index (χ1n) is 4.05. The summed E-state index contributed by atoms with van der Waals surface area (Å²) >= 11 is 0. The lowest BCUT2D eigenvalue weighted by atomic mass is 10.3. The van der Waals surface area contributed by atoms with Gasteiger partial charge in [0.15, 0.2) is 18.1 Å². The molecule has 1 aromatic rings.